The van der Waals surface area contributed by atoms with Gasteiger partial charge in [-0.2, -0.15) is 0 Å². The molecule has 0 spiro atoms. The molecule has 3 rings (SSSR count). The molecule has 1 aliphatic rings. The topological polar surface area (TPSA) is 72.2 Å². The van der Waals surface area contributed by atoms with Gasteiger partial charge < -0.3 is 5.73 Å². The van der Waals surface area contributed by atoms with Gasteiger partial charge in [0.15, 0.2) is 0 Å². The van der Waals surface area contributed by atoms with E-state index in [1.54, 1.807) is 12.1 Å². The molecule has 0 bridgehead atoms. The Balaban J connectivity index is 1.88. The van der Waals surface area contributed by atoms with Crippen LogP contribution in [-0.2, 0) is 22.9 Å². The van der Waals surface area contributed by atoms with Crippen molar-refractivity contribution in [1.29, 1.82) is 0 Å². The van der Waals surface area contributed by atoms with Crippen LogP contribution < -0.4 is 10.5 Å². The summed E-state index contributed by atoms with van der Waals surface area (Å²) >= 11 is 0. The van der Waals surface area contributed by atoms with E-state index in [2.05, 4.69) is 4.72 Å². The zero-order valence-corrected chi connectivity index (χ0v) is 11.8. The molecule has 3 N–H and O–H groups in total. The summed E-state index contributed by atoms with van der Waals surface area (Å²) in [5.41, 5.74) is 9.28. The first-order chi connectivity index (χ1) is 9.54. The molecule has 0 aliphatic heterocycles. The van der Waals surface area contributed by atoms with E-state index in [1.165, 1.54) is 23.3 Å². The number of nitrogen functional groups attached to an aromatic ring is 1. The van der Waals surface area contributed by atoms with Gasteiger partial charge in [-0.3, -0.25) is 4.72 Å². The largest absolute Gasteiger partial charge is 0.399 e. The molecular weight excluding hydrogens is 272 g/mol. The molecule has 0 saturated carbocycles. The summed E-state index contributed by atoms with van der Waals surface area (Å²) in [6.07, 6.45) is 3.25. The third kappa shape index (κ3) is 2.49. The molecule has 2 aromatic carbocycles. The highest BCUT2D eigenvalue weighted by atomic mass is 32.2. The summed E-state index contributed by atoms with van der Waals surface area (Å²) in [6.45, 7) is 0. The first kappa shape index (κ1) is 13.0. The predicted molar refractivity (Wildman–Crippen MR) is 80.1 cm³/mol. The van der Waals surface area contributed by atoms with Crippen LogP contribution in [0, 0.1) is 0 Å². The smallest absolute Gasteiger partial charge is 0.261 e. The highest BCUT2D eigenvalue weighted by molar-refractivity contribution is 7.92. The predicted octanol–water partition coefficient (Wildman–Crippen LogP) is 2.56. The van der Waals surface area contributed by atoms with Crippen molar-refractivity contribution < 1.29 is 8.42 Å². The number of sulfonamides is 1. The van der Waals surface area contributed by atoms with Crippen LogP contribution in [0.4, 0.5) is 11.4 Å². The Morgan fingerprint density at radius 3 is 2.40 bits per heavy atom. The van der Waals surface area contributed by atoms with Gasteiger partial charge in [0, 0.05) is 11.4 Å². The van der Waals surface area contributed by atoms with Gasteiger partial charge in [0.1, 0.15) is 0 Å². The molecule has 0 saturated heterocycles. The minimum Gasteiger partial charge on any atom is -0.399 e. The van der Waals surface area contributed by atoms with Gasteiger partial charge in [-0.1, -0.05) is 6.07 Å². The van der Waals surface area contributed by atoms with Gasteiger partial charge in [0.2, 0.25) is 0 Å². The van der Waals surface area contributed by atoms with Crippen molar-refractivity contribution >= 4 is 21.4 Å². The van der Waals surface area contributed by atoms with Gasteiger partial charge in [-0.25, -0.2) is 8.42 Å². The molecule has 0 heterocycles. The van der Waals surface area contributed by atoms with Crippen molar-refractivity contribution in [3.8, 4) is 0 Å². The number of anilines is 2. The quantitative estimate of drug-likeness (QED) is 0.853. The third-order valence-electron chi connectivity index (χ3n) is 3.54. The zero-order chi connectivity index (χ0) is 14.2. The number of fused-ring (bicyclic) bond motifs is 1. The Morgan fingerprint density at radius 1 is 0.950 bits per heavy atom. The Hall–Kier alpha value is -2.01. The lowest BCUT2D eigenvalue weighted by Crippen LogP contribution is -2.13. The maximum atomic E-state index is 12.3. The molecule has 0 fully saturated rings. The van der Waals surface area contributed by atoms with Crippen molar-refractivity contribution in [3.63, 3.8) is 0 Å². The van der Waals surface area contributed by atoms with Crippen LogP contribution >= 0.6 is 0 Å². The van der Waals surface area contributed by atoms with Crippen molar-refractivity contribution in [2.45, 2.75) is 24.2 Å². The molecule has 0 aromatic heterocycles. The number of hydrogen-bond acceptors (Lipinski definition) is 3. The van der Waals surface area contributed by atoms with Gasteiger partial charge in [-0.05, 0) is 66.8 Å². The average Bonchev–Trinajstić information content (AvgIpc) is 2.86. The van der Waals surface area contributed by atoms with E-state index in [0.29, 0.717) is 11.4 Å². The summed E-state index contributed by atoms with van der Waals surface area (Å²) in [5.74, 6) is 0. The summed E-state index contributed by atoms with van der Waals surface area (Å²) in [4.78, 5) is 0.215. The minimum atomic E-state index is -3.55. The van der Waals surface area contributed by atoms with Gasteiger partial charge in [0.25, 0.3) is 10.0 Å². The lowest BCUT2D eigenvalue weighted by molar-refractivity contribution is 0.601. The van der Waals surface area contributed by atoms with Gasteiger partial charge >= 0.3 is 0 Å². The Labute approximate surface area is 118 Å². The van der Waals surface area contributed by atoms with Crippen molar-refractivity contribution in [2.75, 3.05) is 10.5 Å². The monoisotopic (exact) mass is 288 g/mol. The highest BCUT2D eigenvalue weighted by Gasteiger charge is 2.16. The van der Waals surface area contributed by atoms with Crippen LogP contribution in [0.5, 0.6) is 0 Å². The molecule has 0 amide bonds. The molecule has 2 aromatic rings. The molecule has 0 atom stereocenters. The summed E-state index contributed by atoms with van der Waals surface area (Å²) in [7, 11) is -3.55. The molecule has 1 aliphatic carbocycles. The van der Waals surface area contributed by atoms with Crippen LogP contribution in [0.1, 0.15) is 17.5 Å². The Kier molecular flexibility index (Phi) is 3.14. The van der Waals surface area contributed by atoms with Gasteiger partial charge in [-0.15, -0.1) is 0 Å². The second-order valence-corrected chi connectivity index (χ2v) is 6.69. The molecule has 20 heavy (non-hydrogen) atoms. The van der Waals surface area contributed by atoms with Crippen molar-refractivity contribution in [3.05, 3.63) is 53.6 Å². The van der Waals surface area contributed by atoms with E-state index in [-0.39, 0.29) is 4.90 Å². The maximum absolute atomic E-state index is 12.3. The molecule has 0 unspecified atom stereocenters. The fourth-order valence-electron chi connectivity index (χ4n) is 2.50. The number of rotatable bonds is 3. The van der Waals surface area contributed by atoms with Crippen LogP contribution in [0.2, 0.25) is 0 Å². The lowest BCUT2D eigenvalue weighted by atomic mass is 10.1. The molecular formula is C15H16N2O2S. The fraction of sp³-hybridized carbons (Fsp3) is 0.200. The summed E-state index contributed by atoms with van der Waals surface area (Å²) < 4.78 is 27.1. The average molecular weight is 288 g/mol. The Bertz CT molecular complexity index is 737. The molecule has 4 nitrogen and oxygen atoms in total. The maximum Gasteiger partial charge on any atom is 0.261 e. The minimum absolute atomic E-state index is 0.215. The van der Waals surface area contributed by atoms with Crippen molar-refractivity contribution in [1.82, 2.24) is 0 Å². The van der Waals surface area contributed by atoms with E-state index in [4.69, 9.17) is 5.73 Å². The Morgan fingerprint density at radius 2 is 1.65 bits per heavy atom. The summed E-state index contributed by atoms with van der Waals surface area (Å²) in [5, 5.41) is 0. The molecule has 5 heteroatoms. The molecule has 0 radical (unpaired) electrons. The number of nitrogens with one attached hydrogen (secondary N) is 1. The second kappa shape index (κ2) is 4.83. The second-order valence-electron chi connectivity index (χ2n) is 5.01. The standard InChI is InChI=1S/C15H16N2O2S/c16-13-5-8-15(9-6-13)20(18,19)17-14-7-4-11-2-1-3-12(11)10-14/h4-10,17H,1-3,16H2. The van der Waals surface area contributed by atoms with E-state index in [9.17, 15) is 8.42 Å². The number of aryl methyl sites for hydroxylation is 2. The van der Waals surface area contributed by atoms with Gasteiger partial charge in [0.05, 0.1) is 4.90 Å². The summed E-state index contributed by atoms with van der Waals surface area (Å²) in [6, 6.07) is 11.9. The normalized spacial score (nSPS) is 14.0. The van der Waals surface area contributed by atoms with E-state index in [1.807, 2.05) is 18.2 Å². The lowest BCUT2D eigenvalue weighted by Gasteiger charge is -2.10. The third-order valence-corrected chi connectivity index (χ3v) is 4.94. The van der Waals surface area contributed by atoms with Crippen LogP contribution in [0.25, 0.3) is 0 Å². The molecule has 104 valence electrons. The van der Waals surface area contributed by atoms with E-state index in [0.717, 1.165) is 19.3 Å². The van der Waals surface area contributed by atoms with Crippen molar-refractivity contribution in [2.24, 2.45) is 0 Å². The number of hydrogen-bond donors (Lipinski definition) is 2. The first-order valence-electron chi connectivity index (χ1n) is 6.55. The highest BCUT2D eigenvalue weighted by Crippen LogP contribution is 2.26. The van der Waals surface area contributed by atoms with Crippen LogP contribution in [-0.4, -0.2) is 8.42 Å². The first-order valence-corrected chi connectivity index (χ1v) is 8.03. The fourth-order valence-corrected chi connectivity index (χ4v) is 3.55. The SMILES string of the molecule is Nc1ccc(S(=O)(=O)Nc2ccc3c(c2)CCC3)cc1. The van der Waals surface area contributed by atoms with Crippen LogP contribution in [0.15, 0.2) is 47.4 Å². The van der Waals surface area contributed by atoms with E-state index >= 15 is 0 Å². The number of nitrogens with two attached hydrogens (primary N) is 1. The van der Waals surface area contributed by atoms with E-state index < -0.39 is 10.0 Å². The zero-order valence-electron chi connectivity index (χ0n) is 11.0. The number of benzene rings is 2. The van der Waals surface area contributed by atoms with Crippen LogP contribution in [0.3, 0.4) is 0 Å².